The zero-order chi connectivity index (χ0) is 13.2. The maximum Gasteiger partial charge on any atom is 0.135 e. The summed E-state index contributed by atoms with van der Waals surface area (Å²) in [5, 5.41) is 4.46. The minimum atomic E-state index is 0.581. The molecule has 1 heterocycles. The first-order valence-electron chi connectivity index (χ1n) is 7.08. The van der Waals surface area contributed by atoms with E-state index >= 15 is 0 Å². The molecule has 2 aliphatic rings. The summed E-state index contributed by atoms with van der Waals surface area (Å²) in [7, 11) is 0. The van der Waals surface area contributed by atoms with Gasteiger partial charge in [-0.1, -0.05) is 0 Å². The first kappa shape index (κ1) is 13.7. The maximum atomic E-state index is 4.67. The second kappa shape index (κ2) is 6.00. The lowest BCUT2D eigenvalue weighted by atomic mass is 9.95. The number of anilines is 1. The molecule has 104 valence electrons. The van der Waals surface area contributed by atoms with Crippen LogP contribution < -0.4 is 5.32 Å². The van der Waals surface area contributed by atoms with Crippen LogP contribution in [0, 0.1) is 0 Å². The zero-order valence-electron chi connectivity index (χ0n) is 11.2. The molecule has 0 aromatic carbocycles. The predicted molar refractivity (Wildman–Crippen MR) is 84.9 cm³/mol. The van der Waals surface area contributed by atoms with Crippen molar-refractivity contribution in [2.75, 3.05) is 11.6 Å². The molecule has 3 rings (SSSR count). The van der Waals surface area contributed by atoms with Crippen LogP contribution in [0.3, 0.4) is 0 Å². The van der Waals surface area contributed by atoms with Gasteiger partial charge in [-0.3, -0.25) is 0 Å². The van der Waals surface area contributed by atoms with E-state index in [0.717, 1.165) is 21.5 Å². The van der Waals surface area contributed by atoms with E-state index in [0.29, 0.717) is 12.0 Å². The molecule has 1 aromatic rings. The third-order valence-electron chi connectivity index (χ3n) is 4.01. The van der Waals surface area contributed by atoms with Gasteiger partial charge in [0.25, 0.3) is 0 Å². The summed E-state index contributed by atoms with van der Waals surface area (Å²) in [4.78, 5) is 9.15. The van der Waals surface area contributed by atoms with E-state index in [9.17, 15) is 0 Å². The number of rotatable bonds is 4. The van der Waals surface area contributed by atoms with Gasteiger partial charge in [-0.15, -0.1) is 0 Å². The molecule has 19 heavy (non-hydrogen) atoms. The van der Waals surface area contributed by atoms with Crippen LogP contribution in [-0.2, 0) is 0 Å². The highest BCUT2D eigenvalue weighted by Crippen LogP contribution is 2.39. The van der Waals surface area contributed by atoms with Crippen LogP contribution in [0.25, 0.3) is 0 Å². The normalized spacial score (nSPS) is 27.3. The van der Waals surface area contributed by atoms with E-state index < -0.39 is 0 Å². The van der Waals surface area contributed by atoms with E-state index in [2.05, 4.69) is 37.5 Å². The molecule has 0 atom stereocenters. The molecule has 3 nitrogen and oxygen atoms in total. The molecule has 0 spiro atoms. The van der Waals surface area contributed by atoms with E-state index in [1.807, 2.05) is 17.8 Å². The van der Waals surface area contributed by atoms with Crippen molar-refractivity contribution in [1.82, 2.24) is 9.97 Å². The van der Waals surface area contributed by atoms with Gasteiger partial charge in [0.15, 0.2) is 0 Å². The van der Waals surface area contributed by atoms with Crippen molar-refractivity contribution in [3.8, 4) is 0 Å². The fraction of sp³-hybridized carbons (Fsp3) is 0.714. The molecule has 0 bridgehead atoms. The van der Waals surface area contributed by atoms with Crippen molar-refractivity contribution in [1.29, 1.82) is 0 Å². The van der Waals surface area contributed by atoms with Gasteiger partial charge < -0.3 is 5.32 Å². The number of aromatic nitrogens is 2. The molecule has 2 fully saturated rings. The summed E-state index contributed by atoms with van der Waals surface area (Å²) < 4.78 is 0.907. The Bertz CT molecular complexity index is 442. The molecule has 0 aliphatic heterocycles. The minimum absolute atomic E-state index is 0.581. The fourth-order valence-electron chi connectivity index (χ4n) is 2.69. The van der Waals surface area contributed by atoms with Gasteiger partial charge >= 0.3 is 0 Å². The summed E-state index contributed by atoms with van der Waals surface area (Å²) in [6.45, 7) is 0. The Hall–Kier alpha value is -0.290. The standard InChI is InChI=1S/C14H20BrN3S/c1-19-11-6-4-10(5-7-11)16-13-8-12(15)17-14(18-13)9-2-3-9/h8-11H,2-7H2,1H3,(H,16,17,18). The van der Waals surface area contributed by atoms with E-state index in [1.165, 1.54) is 38.5 Å². The summed E-state index contributed by atoms with van der Waals surface area (Å²) >= 11 is 5.51. The largest absolute Gasteiger partial charge is 0.367 e. The van der Waals surface area contributed by atoms with Crippen LogP contribution in [0.5, 0.6) is 0 Å². The van der Waals surface area contributed by atoms with Gasteiger partial charge in [0.1, 0.15) is 16.2 Å². The quantitative estimate of drug-likeness (QED) is 0.832. The second-order valence-corrected chi connectivity index (χ2v) is 7.51. The maximum absolute atomic E-state index is 4.67. The molecule has 0 saturated heterocycles. The second-order valence-electron chi connectivity index (χ2n) is 5.56. The minimum Gasteiger partial charge on any atom is -0.367 e. The number of thioether (sulfide) groups is 1. The Morgan fingerprint density at radius 3 is 2.53 bits per heavy atom. The Kier molecular flexibility index (Phi) is 4.32. The van der Waals surface area contributed by atoms with Crippen molar-refractivity contribution in [2.24, 2.45) is 0 Å². The molecule has 0 unspecified atom stereocenters. The first-order chi connectivity index (χ1) is 9.24. The Morgan fingerprint density at radius 1 is 1.16 bits per heavy atom. The van der Waals surface area contributed by atoms with Crippen molar-refractivity contribution in [3.05, 3.63) is 16.5 Å². The van der Waals surface area contributed by atoms with Crippen molar-refractivity contribution in [3.63, 3.8) is 0 Å². The highest BCUT2D eigenvalue weighted by Gasteiger charge is 2.27. The molecule has 5 heteroatoms. The molecule has 1 N–H and O–H groups in total. The molecular weight excluding hydrogens is 322 g/mol. The molecule has 2 aliphatic carbocycles. The third-order valence-corrected chi connectivity index (χ3v) is 5.56. The van der Waals surface area contributed by atoms with Crippen LogP contribution in [-0.4, -0.2) is 27.5 Å². The van der Waals surface area contributed by atoms with Gasteiger partial charge in [0.2, 0.25) is 0 Å². The topological polar surface area (TPSA) is 37.8 Å². The summed E-state index contributed by atoms with van der Waals surface area (Å²) in [6.07, 6.45) is 9.87. The van der Waals surface area contributed by atoms with E-state index in [1.54, 1.807) is 0 Å². The highest BCUT2D eigenvalue weighted by molar-refractivity contribution is 9.10. The lowest BCUT2D eigenvalue weighted by Crippen LogP contribution is -2.27. The SMILES string of the molecule is CSC1CCC(Nc2cc(Br)nc(C3CC3)n2)CC1. The Morgan fingerprint density at radius 2 is 1.89 bits per heavy atom. The van der Waals surface area contributed by atoms with Crippen LogP contribution in [0.4, 0.5) is 5.82 Å². The number of halogens is 1. The molecule has 1 aromatic heterocycles. The van der Waals surface area contributed by atoms with E-state index in [4.69, 9.17) is 0 Å². The summed E-state index contributed by atoms with van der Waals surface area (Å²) in [6, 6.07) is 2.59. The van der Waals surface area contributed by atoms with Gasteiger partial charge in [-0.25, -0.2) is 9.97 Å². The highest BCUT2D eigenvalue weighted by atomic mass is 79.9. The number of hydrogen-bond donors (Lipinski definition) is 1. The van der Waals surface area contributed by atoms with Crippen LogP contribution in [0.2, 0.25) is 0 Å². The summed E-state index contributed by atoms with van der Waals surface area (Å²) in [5.41, 5.74) is 0. The first-order valence-corrected chi connectivity index (χ1v) is 9.16. The lowest BCUT2D eigenvalue weighted by molar-refractivity contribution is 0.472. The number of hydrogen-bond acceptors (Lipinski definition) is 4. The van der Waals surface area contributed by atoms with Crippen molar-refractivity contribution < 1.29 is 0 Å². The Balaban J connectivity index is 1.63. The van der Waals surface area contributed by atoms with Gasteiger partial charge in [-0.05, 0) is 60.7 Å². The van der Waals surface area contributed by atoms with Crippen LogP contribution >= 0.6 is 27.7 Å². The summed E-state index contributed by atoms with van der Waals surface area (Å²) in [5.74, 6) is 2.61. The predicted octanol–water partition coefficient (Wildman–Crippen LogP) is 4.20. The van der Waals surface area contributed by atoms with Gasteiger partial charge in [0, 0.05) is 23.3 Å². The number of nitrogens with zero attached hydrogens (tertiary/aromatic N) is 2. The third kappa shape index (κ3) is 3.63. The van der Waals surface area contributed by atoms with Gasteiger partial charge in [-0.2, -0.15) is 11.8 Å². The van der Waals surface area contributed by atoms with Crippen LogP contribution in [0.15, 0.2) is 10.7 Å². The Labute approximate surface area is 127 Å². The van der Waals surface area contributed by atoms with Crippen molar-refractivity contribution in [2.45, 2.75) is 55.7 Å². The lowest BCUT2D eigenvalue weighted by Gasteiger charge is -2.28. The average molecular weight is 342 g/mol. The van der Waals surface area contributed by atoms with Crippen LogP contribution in [0.1, 0.15) is 50.3 Å². The zero-order valence-corrected chi connectivity index (χ0v) is 13.6. The molecule has 2 saturated carbocycles. The monoisotopic (exact) mass is 341 g/mol. The van der Waals surface area contributed by atoms with Gasteiger partial charge in [0.05, 0.1) is 0 Å². The molecular formula is C14H20BrN3S. The van der Waals surface area contributed by atoms with E-state index in [-0.39, 0.29) is 0 Å². The number of nitrogens with one attached hydrogen (secondary N) is 1. The average Bonchev–Trinajstić information content (AvgIpc) is 3.23. The van der Waals surface area contributed by atoms with Crippen molar-refractivity contribution >= 4 is 33.5 Å². The molecule has 0 radical (unpaired) electrons. The fourth-order valence-corrected chi connectivity index (χ4v) is 3.83. The molecule has 0 amide bonds. The smallest absolute Gasteiger partial charge is 0.135 e.